The molecule has 0 radical (unpaired) electrons. The number of cyclic esters (lactones) is 1. The van der Waals surface area contributed by atoms with Crippen LogP contribution in [0.1, 0.15) is 25.8 Å². The number of carbonyl (C=O) groups excluding carboxylic acids is 1. The predicted molar refractivity (Wildman–Crippen MR) is 132 cm³/mol. The van der Waals surface area contributed by atoms with Crippen LogP contribution >= 0.6 is 0 Å². The fraction of sp³-hybridized carbons (Fsp3) is 0.231. The Balaban J connectivity index is 1.90. The Kier molecular flexibility index (Phi) is 6.66. The normalized spacial score (nSPS) is 18.5. The third kappa shape index (κ3) is 4.53. The van der Waals surface area contributed by atoms with Gasteiger partial charge in [-0.25, -0.2) is 26.6 Å². The molecule has 1 aliphatic heterocycles. The van der Waals surface area contributed by atoms with E-state index in [4.69, 9.17) is 4.74 Å². The quantitative estimate of drug-likeness (QED) is 0.423. The molecular formula is C26H25NO6S2. The van der Waals surface area contributed by atoms with E-state index in [0.29, 0.717) is 5.56 Å². The van der Waals surface area contributed by atoms with Crippen molar-refractivity contribution < 1.29 is 26.4 Å². The summed E-state index contributed by atoms with van der Waals surface area (Å²) in [5.41, 5.74) is -1.17. The summed E-state index contributed by atoms with van der Waals surface area (Å²) < 4.78 is 58.7. The highest BCUT2D eigenvalue weighted by Gasteiger charge is 2.55. The summed E-state index contributed by atoms with van der Waals surface area (Å²) >= 11 is 0. The lowest BCUT2D eigenvalue weighted by Crippen LogP contribution is -2.46. The van der Waals surface area contributed by atoms with Crippen molar-refractivity contribution in [3.63, 3.8) is 0 Å². The third-order valence-electron chi connectivity index (χ3n) is 6.13. The van der Waals surface area contributed by atoms with E-state index in [2.05, 4.69) is 4.99 Å². The monoisotopic (exact) mass is 511 g/mol. The van der Waals surface area contributed by atoms with Crippen LogP contribution in [0.4, 0.5) is 0 Å². The summed E-state index contributed by atoms with van der Waals surface area (Å²) in [6.45, 7) is 3.39. The molecule has 3 aromatic rings. The molecule has 0 amide bonds. The van der Waals surface area contributed by atoms with Crippen molar-refractivity contribution >= 4 is 31.5 Å². The highest BCUT2D eigenvalue weighted by Crippen LogP contribution is 2.40. The molecule has 0 saturated heterocycles. The molecule has 0 aromatic heterocycles. The maximum Gasteiger partial charge on any atom is 0.341 e. The van der Waals surface area contributed by atoms with Gasteiger partial charge in [0.2, 0.25) is 5.90 Å². The first kappa shape index (κ1) is 24.8. The summed E-state index contributed by atoms with van der Waals surface area (Å²) in [5.74, 6) is -1.28. The second-order valence-corrected chi connectivity index (χ2v) is 13.2. The molecule has 182 valence electrons. The van der Waals surface area contributed by atoms with Crippen molar-refractivity contribution in [3.05, 3.63) is 96.6 Å². The van der Waals surface area contributed by atoms with Crippen LogP contribution in [-0.2, 0) is 29.2 Å². The van der Waals surface area contributed by atoms with Gasteiger partial charge in [0.05, 0.1) is 9.79 Å². The first-order valence-electron chi connectivity index (χ1n) is 11.0. The molecule has 0 spiro atoms. The molecule has 0 N–H and O–H groups in total. The molecule has 4 rings (SSSR count). The lowest BCUT2D eigenvalue weighted by atomic mass is 9.85. The zero-order chi connectivity index (χ0) is 25.3. The average Bonchev–Trinajstić information content (AvgIpc) is 3.21. The van der Waals surface area contributed by atoms with Gasteiger partial charge < -0.3 is 4.74 Å². The minimum absolute atomic E-state index is 0.0391. The summed E-state index contributed by atoms with van der Waals surface area (Å²) in [6.07, 6.45) is -0.589. The Morgan fingerprint density at radius 2 is 1.17 bits per heavy atom. The Labute approximate surface area is 205 Å². The van der Waals surface area contributed by atoms with E-state index in [-0.39, 0.29) is 15.7 Å². The number of rotatable bonds is 8. The number of sulfone groups is 2. The van der Waals surface area contributed by atoms with Gasteiger partial charge in [-0.1, -0.05) is 68.4 Å². The second-order valence-electron chi connectivity index (χ2n) is 8.60. The van der Waals surface area contributed by atoms with Gasteiger partial charge in [-0.3, -0.25) is 0 Å². The second kappa shape index (κ2) is 9.39. The predicted octanol–water partition coefficient (Wildman–Crippen LogP) is 4.05. The largest absolute Gasteiger partial charge is 0.405 e. The van der Waals surface area contributed by atoms with Crippen LogP contribution < -0.4 is 0 Å². The van der Waals surface area contributed by atoms with E-state index in [1.807, 2.05) is 0 Å². The van der Waals surface area contributed by atoms with E-state index in [0.717, 1.165) is 0 Å². The van der Waals surface area contributed by atoms with Crippen LogP contribution in [0.25, 0.3) is 0 Å². The summed E-state index contributed by atoms with van der Waals surface area (Å²) in [4.78, 5) is 17.5. The van der Waals surface area contributed by atoms with Crippen molar-refractivity contribution in [1.82, 2.24) is 0 Å². The number of carbonyl (C=O) groups is 1. The fourth-order valence-corrected chi connectivity index (χ4v) is 8.65. The number of ether oxygens (including phenoxy) is 1. The van der Waals surface area contributed by atoms with Crippen LogP contribution in [0.2, 0.25) is 0 Å². The summed E-state index contributed by atoms with van der Waals surface area (Å²) in [7, 11) is -8.87. The smallest absolute Gasteiger partial charge is 0.341 e. The van der Waals surface area contributed by atoms with Crippen LogP contribution in [0.15, 0.2) is 106 Å². The Morgan fingerprint density at radius 3 is 1.60 bits per heavy atom. The number of hydrogen-bond donors (Lipinski definition) is 0. The van der Waals surface area contributed by atoms with Crippen molar-refractivity contribution in [1.29, 1.82) is 0 Å². The molecule has 0 saturated carbocycles. The van der Waals surface area contributed by atoms with Crippen LogP contribution in [0, 0.1) is 5.92 Å². The SMILES string of the molecule is CC(C)[C@]1(CC(S(=O)(=O)c2ccccc2)S(=O)(=O)c2ccccc2)N=C(c2ccccc2)OC1=O. The van der Waals surface area contributed by atoms with E-state index < -0.39 is 48.1 Å². The van der Waals surface area contributed by atoms with Gasteiger partial charge in [-0.05, 0) is 42.3 Å². The summed E-state index contributed by atoms with van der Waals surface area (Å²) in [5, 5.41) is 0. The molecule has 0 aliphatic carbocycles. The van der Waals surface area contributed by atoms with E-state index in [1.54, 1.807) is 56.3 Å². The van der Waals surface area contributed by atoms with Gasteiger partial charge in [0, 0.05) is 12.0 Å². The molecule has 35 heavy (non-hydrogen) atoms. The first-order valence-corrected chi connectivity index (χ1v) is 14.1. The molecule has 1 atom stereocenters. The lowest BCUT2D eigenvalue weighted by Gasteiger charge is -2.30. The van der Waals surface area contributed by atoms with Crippen LogP contribution in [0.5, 0.6) is 0 Å². The highest BCUT2D eigenvalue weighted by molar-refractivity contribution is 8.09. The third-order valence-corrected chi connectivity index (χ3v) is 11.2. The van der Waals surface area contributed by atoms with Gasteiger partial charge in [-0.2, -0.15) is 0 Å². The average molecular weight is 512 g/mol. The van der Waals surface area contributed by atoms with Gasteiger partial charge in [0.1, 0.15) is 0 Å². The molecule has 9 heteroatoms. The first-order chi connectivity index (χ1) is 16.6. The molecule has 0 fully saturated rings. The van der Waals surface area contributed by atoms with Gasteiger partial charge >= 0.3 is 5.97 Å². The van der Waals surface area contributed by atoms with Crippen molar-refractivity contribution in [2.24, 2.45) is 10.9 Å². The fourth-order valence-electron chi connectivity index (χ4n) is 4.02. The molecular weight excluding hydrogens is 486 g/mol. The van der Waals surface area contributed by atoms with Crippen molar-refractivity contribution in [2.75, 3.05) is 0 Å². The standard InChI is InChI=1S/C26H25NO6S2/c1-19(2)26(25(28)33-24(27-26)20-12-6-3-7-13-20)18-23(34(29,30)21-14-8-4-9-15-21)35(31,32)22-16-10-5-11-17-22/h3-17,19,23H,18H2,1-2H3/t26-/m0/s1. The molecule has 0 unspecified atom stereocenters. The Bertz CT molecular complexity index is 1380. The number of aliphatic imine (C=N–C) groups is 1. The molecule has 0 bridgehead atoms. The Hall–Kier alpha value is -3.30. The molecule has 1 aliphatic rings. The van der Waals surface area contributed by atoms with E-state index >= 15 is 0 Å². The number of nitrogens with zero attached hydrogens (tertiary/aromatic N) is 1. The van der Waals surface area contributed by atoms with Crippen molar-refractivity contribution in [3.8, 4) is 0 Å². The van der Waals surface area contributed by atoms with E-state index in [1.165, 1.54) is 48.5 Å². The molecule has 7 nitrogen and oxygen atoms in total. The number of benzene rings is 3. The topological polar surface area (TPSA) is 107 Å². The lowest BCUT2D eigenvalue weighted by molar-refractivity contribution is -0.140. The molecule has 1 heterocycles. The minimum Gasteiger partial charge on any atom is -0.405 e. The highest BCUT2D eigenvalue weighted by atomic mass is 32.3. The Morgan fingerprint density at radius 1 is 0.743 bits per heavy atom. The zero-order valence-electron chi connectivity index (χ0n) is 19.2. The number of hydrogen-bond acceptors (Lipinski definition) is 7. The summed E-state index contributed by atoms with van der Waals surface area (Å²) in [6, 6.07) is 23.5. The van der Waals surface area contributed by atoms with Crippen LogP contribution in [-0.4, -0.2) is 38.8 Å². The zero-order valence-corrected chi connectivity index (χ0v) is 20.9. The van der Waals surface area contributed by atoms with Gasteiger partial charge in [0.25, 0.3) is 0 Å². The minimum atomic E-state index is -4.44. The van der Waals surface area contributed by atoms with Gasteiger partial charge in [-0.15, -0.1) is 0 Å². The van der Waals surface area contributed by atoms with Crippen molar-refractivity contribution in [2.45, 2.75) is 40.2 Å². The van der Waals surface area contributed by atoms with Gasteiger partial charge in [0.15, 0.2) is 29.8 Å². The maximum atomic E-state index is 13.8. The molecule has 3 aromatic carbocycles. The van der Waals surface area contributed by atoms with E-state index in [9.17, 15) is 21.6 Å². The maximum absolute atomic E-state index is 13.8. The number of esters is 1. The van der Waals surface area contributed by atoms with Crippen LogP contribution in [0.3, 0.4) is 0 Å².